The Morgan fingerprint density at radius 3 is 1.88 bits per heavy atom. The average molecular weight is 562 g/mol. The maximum absolute atomic E-state index is 2.47. The number of benzene rings is 6. The number of hydrogen-bond acceptors (Lipinski definition) is 3. The minimum Gasteiger partial charge on any atom is -0.309 e. The predicted molar refractivity (Wildman–Crippen MR) is 179 cm³/mol. The largest absolute Gasteiger partial charge is 0.309 e. The molecule has 0 atom stereocenters. The Balaban J connectivity index is 1.35. The summed E-state index contributed by atoms with van der Waals surface area (Å²) in [6.07, 6.45) is 0. The normalized spacial score (nSPS) is 12.5. The fourth-order valence-electron chi connectivity index (χ4n) is 6.68. The molecule has 0 aliphatic heterocycles. The number of fused-ring (bicyclic) bond motifs is 14. The summed E-state index contributed by atoms with van der Waals surface area (Å²) in [6, 6.07) is 42.8. The van der Waals surface area contributed by atoms with Gasteiger partial charge in [0.2, 0.25) is 0 Å². The van der Waals surface area contributed by atoms with Crippen molar-refractivity contribution in [2.24, 2.45) is 0 Å². The van der Waals surface area contributed by atoms with Crippen LogP contribution < -0.4 is 0 Å². The van der Waals surface area contributed by atoms with E-state index in [1.165, 1.54) is 88.0 Å². The van der Waals surface area contributed by atoms with Crippen LogP contribution in [0, 0.1) is 0 Å². The van der Waals surface area contributed by atoms with Gasteiger partial charge in [-0.25, -0.2) is 0 Å². The summed E-state index contributed by atoms with van der Waals surface area (Å²) < 4.78 is 10.7. The topological polar surface area (TPSA) is 4.93 Å². The van der Waals surface area contributed by atoms with Gasteiger partial charge in [-0.05, 0) is 48.5 Å². The van der Waals surface area contributed by atoms with Crippen molar-refractivity contribution in [2.75, 3.05) is 0 Å². The van der Waals surface area contributed by atoms with Gasteiger partial charge in [-0.15, -0.1) is 34.0 Å². The van der Waals surface area contributed by atoms with Crippen LogP contribution in [0.2, 0.25) is 0 Å². The second-order valence-electron chi connectivity index (χ2n) is 10.5. The van der Waals surface area contributed by atoms with Crippen molar-refractivity contribution in [1.29, 1.82) is 0 Å². The van der Waals surface area contributed by atoms with Gasteiger partial charge in [0, 0.05) is 77.0 Å². The third kappa shape index (κ3) is 2.71. The minimum absolute atomic E-state index is 1.22. The third-order valence-corrected chi connectivity index (χ3v) is 11.9. The van der Waals surface area contributed by atoms with Gasteiger partial charge in [0.05, 0.1) is 11.0 Å². The number of rotatable bonds is 1. The fourth-order valence-corrected chi connectivity index (χ4v) is 10.4. The molecule has 186 valence electrons. The lowest BCUT2D eigenvalue weighted by Crippen LogP contribution is -1.93. The van der Waals surface area contributed by atoms with Crippen molar-refractivity contribution in [3.63, 3.8) is 0 Å². The second kappa shape index (κ2) is 7.70. The van der Waals surface area contributed by atoms with Crippen LogP contribution in [0.25, 0.3) is 88.0 Å². The van der Waals surface area contributed by atoms with E-state index >= 15 is 0 Å². The van der Waals surface area contributed by atoms with E-state index in [0.29, 0.717) is 0 Å². The van der Waals surface area contributed by atoms with Gasteiger partial charge in [0.15, 0.2) is 0 Å². The maximum Gasteiger partial charge on any atom is 0.0555 e. The summed E-state index contributed by atoms with van der Waals surface area (Å²) in [5.41, 5.74) is 3.74. The standard InChI is InChI=1S/C36H19NS3/c1-4-10-27-24(8-1)33-28(37(27)20-13-17-31-26(19-20)21-7-2-5-11-29(21)38-31)16-14-22-23-15-18-32-34(36(23)40-35(22)33)25-9-3-6-12-30(25)39-32/h1-19H. The van der Waals surface area contributed by atoms with E-state index in [0.717, 1.165) is 0 Å². The Kier molecular flexibility index (Phi) is 4.16. The van der Waals surface area contributed by atoms with Crippen LogP contribution in [-0.2, 0) is 0 Å². The molecule has 0 radical (unpaired) electrons. The van der Waals surface area contributed by atoms with Gasteiger partial charge in [0.25, 0.3) is 0 Å². The lowest BCUT2D eigenvalue weighted by molar-refractivity contribution is 1.19. The van der Waals surface area contributed by atoms with Gasteiger partial charge in [0.1, 0.15) is 0 Å². The summed E-state index contributed by atoms with van der Waals surface area (Å²) in [4.78, 5) is 0. The fraction of sp³-hybridized carbons (Fsp3) is 0. The van der Waals surface area contributed by atoms with Gasteiger partial charge in [-0.2, -0.15) is 0 Å². The van der Waals surface area contributed by atoms with Gasteiger partial charge >= 0.3 is 0 Å². The molecule has 10 rings (SSSR count). The Bertz CT molecular complexity index is 2660. The summed E-state index contributed by atoms with van der Waals surface area (Å²) in [6.45, 7) is 0. The Morgan fingerprint density at radius 1 is 0.375 bits per heavy atom. The van der Waals surface area contributed by atoms with Gasteiger partial charge < -0.3 is 4.57 Å². The Morgan fingerprint density at radius 2 is 1.00 bits per heavy atom. The monoisotopic (exact) mass is 561 g/mol. The Labute approximate surface area is 240 Å². The SMILES string of the molecule is c1ccc2c(c1)sc1ccc(-n3c4ccccc4c4c5sc6c(ccc7sc8ccccc8c76)c5ccc43)cc12. The van der Waals surface area contributed by atoms with Crippen LogP contribution in [-0.4, -0.2) is 4.57 Å². The number of aromatic nitrogens is 1. The van der Waals surface area contributed by atoms with Crippen LogP contribution in [0.4, 0.5) is 0 Å². The summed E-state index contributed by atoms with van der Waals surface area (Å²) in [5, 5.41) is 10.8. The second-order valence-corrected chi connectivity index (χ2v) is 13.7. The predicted octanol–water partition coefficient (Wildman–Crippen LogP) is 11.9. The molecule has 4 heterocycles. The first-order valence-corrected chi connectivity index (χ1v) is 15.9. The zero-order valence-electron chi connectivity index (χ0n) is 21.1. The lowest BCUT2D eigenvalue weighted by Gasteiger charge is -2.08. The smallest absolute Gasteiger partial charge is 0.0555 e. The van der Waals surface area contributed by atoms with Crippen molar-refractivity contribution in [3.8, 4) is 5.69 Å². The number of hydrogen-bond donors (Lipinski definition) is 0. The molecule has 0 aliphatic rings. The van der Waals surface area contributed by atoms with Crippen LogP contribution in [0.1, 0.15) is 0 Å². The molecule has 0 spiro atoms. The molecule has 0 fully saturated rings. The highest BCUT2D eigenvalue weighted by Crippen LogP contribution is 2.48. The van der Waals surface area contributed by atoms with E-state index in [2.05, 4.69) is 120 Å². The number of nitrogens with zero attached hydrogens (tertiary/aromatic N) is 1. The molecule has 0 bridgehead atoms. The Hall–Kier alpha value is -4.22. The number of thiophene rings is 3. The van der Waals surface area contributed by atoms with E-state index < -0.39 is 0 Å². The lowest BCUT2D eigenvalue weighted by atomic mass is 10.1. The first-order chi connectivity index (χ1) is 19.8. The van der Waals surface area contributed by atoms with Gasteiger partial charge in [-0.3, -0.25) is 0 Å². The van der Waals surface area contributed by atoms with Crippen molar-refractivity contribution in [3.05, 3.63) is 115 Å². The first-order valence-electron chi connectivity index (χ1n) is 13.4. The van der Waals surface area contributed by atoms with Crippen LogP contribution in [0.3, 0.4) is 0 Å². The molecule has 0 saturated carbocycles. The van der Waals surface area contributed by atoms with Crippen LogP contribution >= 0.6 is 34.0 Å². The molecule has 6 aromatic carbocycles. The van der Waals surface area contributed by atoms with E-state index in [4.69, 9.17) is 0 Å². The molecule has 0 amide bonds. The number of para-hydroxylation sites is 1. The van der Waals surface area contributed by atoms with Crippen molar-refractivity contribution < 1.29 is 0 Å². The van der Waals surface area contributed by atoms with E-state index in [9.17, 15) is 0 Å². The minimum atomic E-state index is 1.22. The molecule has 4 heteroatoms. The highest BCUT2D eigenvalue weighted by atomic mass is 32.1. The molecule has 1 nitrogen and oxygen atoms in total. The van der Waals surface area contributed by atoms with Crippen molar-refractivity contribution in [1.82, 2.24) is 4.57 Å². The van der Waals surface area contributed by atoms with E-state index in [-0.39, 0.29) is 0 Å². The zero-order chi connectivity index (χ0) is 25.9. The summed E-state index contributed by atoms with van der Waals surface area (Å²) in [5.74, 6) is 0. The molecular formula is C36H19NS3. The molecule has 0 N–H and O–H groups in total. The van der Waals surface area contributed by atoms with Crippen LogP contribution in [0.5, 0.6) is 0 Å². The quantitative estimate of drug-likeness (QED) is 0.188. The maximum atomic E-state index is 2.47. The van der Waals surface area contributed by atoms with Crippen molar-refractivity contribution >= 4 is 116 Å². The highest BCUT2D eigenvalue weighted by molar-refractivity contribution is 7.30. The molecule has 10 aromatic rings. The first kappa shape index (κ1) is 21.6. The molecule has 40 heavy (non-hydrogen) atoms. The molecular weight excluding hydrogens is 543 g/mol. The highest BCUT2D eigenvalue weighted by Gasteiger charge is 2.19. The van der Waals surface area contributed by atoms with E-state index in [1.807, 2.05) is 34.0 Å². The van der Waals surface area contributed by atoms with Crippen molar-refractivity contribution in [2.45, 2.75) is 0 Å². The molecule has 0 unspecified atom stereocenters. The van der Waals surface area contributed by atoms with E-state index in [1.54, 1.807) is 0 Å². The third-order valence-electron chi connectivity index (χ3n) is 8.40. The summed E-state index contributed by atoms with van der Waals surface area (Å²) in [7, 11) is 0. The van der Waals surface area contributed by atoms with Gasteiger partial charge in [-0.1, -0.05) is 66.7 Å². The molecule has 0 saturated heterocycles. The van der Waals surface area contributed by atoms with Crippen LogP contribution in [0.15, 0.2) is 115 Å². The zero-order valence-corrected chi connectivity index (χ0v) is 23.6. The average Bonchev–Trinajstić information content (AvgIpc) is 3.74. The molecule has 4 aromatic heterocycles. The molecule has 0 aliphatic carbocycles. The summed E-state index contributed by atoms with van der Waals surface area (Å²) >= 11 is 5.74.